The zero-order valence-corrected chi connectivity index (χ0v) is 16.6. The van der Waals surface area contributed by atoms with Gasteiger partial charge in [0, 0.05) is 36.2 Å². The highest BCUT2D eigenvalue weighted by Crippen LogP contribution is 2.22. The third kappa shape index (κ3) is 3.80. The maximum absolute atomic E-state index is 12.7. The molecule has 4 aromatic rings. The van der Waals surface area contributed by atoms with Crippen molar-refractivity contribution in [2.45, 2.75) is 32.7 Å². The molecule has 142 valence electrons. The van der Waals surface area contributed by atoms with Crippen molar-refractivity contribution in [1.82, 2.24) is 19.5 Å². The van der Waals surface area contributed by atoms with Gasteiger partial charge >= 0.3 is 0 Å². The Hall–Kier alpha value is -3.06. The topological polar surface area (TPSA) is 72.7 Å². The van der Waals surface area contributed by atoms with Crippen LogP contribution in [0.1, 0.15) is 41.0 Å². The number of imidazole rings is 1. The van der Waals surface area contributed by atoms with E-state index in [2.05, 4.69) is 34.1 Å². The normalized spacial score (nSPS) is 11.2. The van der Waals surface area contributed by atoms with E-state index in [1.54, 1.807) is 11.6 Å². The molecule has 0 radical (unpaired) electrons. The zero-order chi connectivity index (χ0) is 19.5. The number of hydrogen-bond acceptors (Lipinski definition) is 5. The first-order valence-electron chi connectivity index (χ1n) is 9.24. The Balaban J connectivity index is 1.61. The Morgan fingerprint density at radius 2 is 1.96 bits per heavy atom. The second-order valence-electron chi connectivity index (χ2n) is 6.83. The van der Waals surface area contributed by atoms with Crippen molar-refractivity contribution in [3.8, 4) is 0 Å². The summed E-state index contributed by atoms with van der Waals surface area (Å²) in [6, 6.07) is 13.8. The fourth-order valence-electron chi connectivity index (χ4n) is 2.99. The predicted octanol–water partition coefficient (Wildman–Crippen LogP) is 4.51. The van der Waals surface area contributed by atoms with E-state index in [0.29, 0.717) is 24.1 Å². The highest BCUT2D eigenvalue weighted by Gasteiger charge is 2.17. The van der Waals surface area contributed by atoms with Crippen LogP contribution in [0, 0.1) is 0 Å². The Bertz CT molecular complexity index is 1100. The molecule has 3 aromatic heterocycles. The van der Waals surface area contributed by atoms with Crippen LogP contribution in [0.4, 0.5) is 5.95 Å². The number of hydrogen-bond donors (Lipinski definition) is 1. The van der Waals surface area contributed by atoms with Gasteiger partial charge in [-0.2, -0.15) is 0 Å². The molecule has 0 aliphatic heterocycles. The van der Waals surface area contributed by atoms with Gasteiger partial charge in [0.05, 0.1) is 16.0 Å². The van der Waals surface area contributed by atoms with Gasteiger partial charge in [-0.1, -0.05) is 32.0 Å². The van der Waals surface area contributed by atoms with Crippen molar-refractivity contribution in [3.05, 3.63) is 70.4 Å². The van der Waals surface area contributed by atoms with Crippen LogP contribution in [-0.4, -0.2) is 25.4 Å². The number of pyridine rings is 1. The fourth-order valence-corrected chi connectivity index (χ4v) is 3.81. The van der Waals surface area contributed by atoms with E-state index in [-0.39, 0.29) is 5.91 Å². The Morgan fingerprint density at radius 3 is 2.71 bits per heavy atom. The molecule has 6 nitrogen and oxygen atoms in total. The quantitative estimate of drug-likeness (QED) is 0.525. The number of rotatable bonds is 6. The van der Waals surface area contributed by atoms with Crippen LogP contribution in [0.5, 0.6) is 0 Å². The molecule has 0 unspecified atom stereocenters. The lowest BCUT2D eigenvalue weighted by atomic mass is 10.2. The average molecular weight is 392 g/mol. The van der Waals surface area contributed by atoms with Crippen molar-refractivity contribution in [1.29, 1.82) is 0 Å². The van der Waals surface area contributed by atoms with Crippen LogP contribution in [0.3, 0.4) is 0 Å². The molecule has 0 atom stereocenters. The van der Waals surface area contributed by atoms with Gasteiger partial charge in [0.1, 0.15) is 5.69 Å². The fraction of sp³-hybridized carbons (Fsp3) is 0.238. The van der Waals surface area contributed by atoms with Crippen molar-refractivity contribution in [3.63, 3.8) is 0 Å². The lowest BCUT2D eigenvalue weighted by molar-refractivity contribution is 0.102. The molecule has 1 N–H and O–H groups in total. The van der Waals surface area contributed by atoms with Gasteiger partial charge in [0.2, 0.25) is 5.95 Å². The molecule has 1 amide bonds. The highest BCUT2D eigenvalue weighted by molar-refractivity contribution is 7.09. The van der Waals surface area contributed by atoms with Gasteiger partial charge in [-0.05, 0) is 24.3 Å². The summed E-state index contributed by atoms with van der Waals surface area (Å²) in [7, 11) is 0. The summed E-state index contributed by atoms with van der Waals surface area (Å²) in [6.07, 6.45) is 2.54. The van der Waals surface area contributed by atoms with Crippen molar-refractivity contribution >= 4 is 34.2 Å². The molecule has 0 aliphatic carbocycles. The monoisotopic (exact) mass is 391 g/mol. The summed E-state index contributed by atoms with van der Waals surface area (Å²) in [5.41, 5.74) is 3.26. The standard InChI is InChI=1S/C21H21N5OS/c1-14(2)20-23-17(13-28-20)19(27)25-21-24-16-8-3-4-9-18(16)26(21)12-10-15-7-5-6-11-22-15/h3-9,11,13-14H,10,12H2,1-2H3,(H,24,25,27). The SMILES string of the molecule is CC(C)c1nc(C(=O)Nc2nc3ccccc3n2CCc2ccccn2)cs1. The molecule has 0 aliphatic rings. The van der Waals surface area contributed by atoms with Crippen LogP contribution in [0.15, 0.2) is 54.0 Å². The first-order valence-corrected chi connectivity index (χ1v) is 10.1. The van der Waals surface area contributed by atoms with E-state index < -0.39 is 0 Å². The van der Waals surface area contributed by atoms with Gasteiger partial charge in [-0.25, -0.2) is 9.97 Å². The minimum Gasteiger partial charge on any atom is -0.310 e. The van der Waals surface area contributed by atoms with Crippen molar-refractivity contribution in [2.24, 2.45) is 0 Å². The molecular formula is C21H21N5OS. The Morgan fingerprint density at radius 1 is 1.14 bits per heavy atom. The summed E-state index contributed by atoms with van der Waals surface area (Å²) in [4.78, 5) is 26.2. The molecule has 0 spiro atoms. The number of amides is 1. The van der Waals surface area contributed by atoms with Crippen molar-refractivity contribution < 1.29 is 4.79 Å². The zero-order valence-electron chi connectivity index (χ0n) is 15.8. The van der Waals surface area contributed by atoms with Crippen LogP contribution in [-0.2, 0) is 13.0 Å². The van der Waals surface area contributed by atoms with Gasteiger partial charge in [0.15, 0.2) is 0 Å². The maximum Gasteiger partial charge on any atom is 0.277 e. The van der Waals surface area contributed by atoms with Crippen LogP contribution in [0.2, 0.25) is 0 Å². The molecule has 0 bridgehead atoms. The number of carbonyl (C=O) groups is 1. The molecule has 0 saturated carbocycles. The van der Waals surface area contributed by atoms with Gasteiger partial charge < -0.3 is 4.57 Å². The minimum absolute atomic E-state index is 0.238. The van der Waals surface area contributed by atoms with Crippen LogP contribution < -0.4 is 5.32 Å². The molecule has 1 aromatic carbocycles. The summed E-state index contributed by atoms with van der Waals surface area (Å²) < 4.78 is 2.03. The summed E-state index contributed by atoms with van der Waals surface area (Å²) in [6.45, 7) is 4.80. The summed E-state index contributed by atoms with van der Waals surface area (Å²) in [5, 5.41) is 5.69. The number of aryl methyl sites for hydroxylation is 2. The smallest absolute Gasteiger partial charge is 0.277 e. The lowest BCUT2D eigenvalue weighted by Crippen LogP contribution is -2.17. The van der Waals surface area contributed by atoms with Gasteiger partial charge in [-0.3, -0.25) is 15.1 Å². The molecule has 7 heteroatoms. The van der Waals surface area contributed by atoms with E-state index in [1.165, 1.54) is 11.3 Å². The number of para-hydroxylation sites is 2. The van der Waals surface area contributed by atoms with E-state index in [4.69, 9.17) is 0 Å². The van der Waals surface area contributed by atoms with Crippen molar-refractivity contribution in [2.75, 3.05) is 5.32 Å². The number of nitrogens with zero attached hydrogens (tertiary/aromatic N) is 4. The molecular weight excluding hydrogens is 370 g/mol. The molecule has 0 saturated heterocycles. The molecule has 28 heavy (non-hydrogen) atoms. The van der Waals surface area contributed by atoms with Gasteiger partial charge in [0.25, 0.3) is 5.91 Å². The summed E-state index contributed by atoms with van der Waals surface area (Å²) >= 11 is 1.51. The third-order valence-corrected chi connectivity index (χ3v) is 5.59. The van der Waals surface area contributed by atoms with Crippen LogP contribution in [0.25, 0.3) is 11.0 Å². The number of thiazole rings is 1. The summed E-state index contributed by atoms with van der Waals surface area (Å²) in [5.74, 6) is 0.591. The average Bonchev–Trinajstić information content (AvgIpc) is 3.32. The highest BCUT2D eigenvalue weighted by atomic mass is 32.1. The predicted molar refractivity (Wildman–Crippen MR) is 112 cm³/mol. The minimum atomic E-state index is -0.238. The third-order valence-electron chi connectivity index (χ3n) is 4.45. The first kappa shape index (κ1) is 18.3. The number of carbonyl (C=O) groups excluding carboxylic acids is 1. The lowest BCUT2D eigenvalue weighted by Gasteiger charge is -2.09. The van der Waals surface area contributed by atoms with Gasteiger partial charge in [-0.15, -0.1) is 11.3 Å². The number of fused-ring (bicyclic) bond motifs is 1. The number of nitrogens with one attached hydrogen (secondary N) is 1. The maximum atomic E-state index is 12.7. The Kier molecular flexibility index (Phi) is 5.16. The Labute approximate surface area is 167 Å². The van der Waals surface area contributed by atoms with E-state index in [9.17, 15) is 4.79 Å². The second-order valence-corrected chi connectivity index (χ2v) is 7.72. The van der Waals surface area contributed by atoms with Crippen LogP contribution >= 0.6 is 11.3 Å². The number of anilines is 1. The molecule has 4 rings (SSSR count). The van der Waals surface area contributed by atoms with E-state index in [1.807, 2.05) is 47.0 Å². The number of benzene rings is 1. The number of aromatic nitrogens is 4. The molecule has 0 fully saturated rings. The second kappa shape index (κ2) is 7.90. The van der Waals surface area contributed by atoms with E-state index >= 15 is 0 Å². The first-order chi connectivity index (χ1) is 13.6. The van der Waals surface area contributed by atoms with E-state index in [0.717, 1.165) is 28.2 Å². The largest absolute Gasteiger partial charge is 0.310 e. The molecule has 3 heterocycles.